The molecular weight excluding hydrogens is 292 g/mol. The molecule has 0 radical (unpaired) electrons. The van der Waals surface area contributed by atoms with Crippen molar-refractivity contribution in [3.63, 3.8) is 0 Å². The number of H-pyrrole nitrogens is 1. The number of rotatable bonds is 3. The summed E-state index contributed by atoms with van der Waals surface area (Å²) in [6.07, 6.45) is 5.66. The molecule has 1 fully saturated rings. The van der Waals surface area contributed by atoms with Crippen LogP contribution in [0.4, 0.5) is 0 Å². The molecule has 1 aliphatic rings. The normalized spacial score (nSPS) is 17.6. The van der Waals surface area contributed by atoms with E-state index in [1.54, 1.807) is 24.3 Å². The average molecular weight is 314 g/mol. The van der Waals surface area contributed by atoms with E-state index in [-0.39, 0.29) is 23.7 Å². The van der Waals surface area contributed by atoms with E-state index >= 15 is 0 Å². The van der Waals surface area contributed by atoms with Gasteiger partial charge in [0.2, 0.25) is 0 Å². The van der Waals surface area contributed by atoms with Gasteiger partial charge in [0.05, 0.1) is 5.60 Å². The standard InChI is InChI=1S/C18H22N2O3/c21-16-14-8-4-3-7-13(14)11-15(20-16)17(22)19-12-18(23)9-5-1-2-6-10-18/h3-4,7-8,11,23H,1-2,5-6,9-10,12H2,(H,19,22)(H,20,21). The Hall–Kier alpha value is -2.14. The largest absolute Gasteiger partial charge is 0.388 e. The first-order valence-corrected chi connectivity index (χ1v) is 8.20. The van der Waals surface area contributed by atoms with Crippen LogP contribution in [0.3, 0.4) is 0 Å². The van der Waals surface area contributed by atoms with Crippen molar-refractivity contribution in [3.05, 3.63) is 46.4 Å². The van der Waals surface area contributed by atoms with E-state index in [0.29, 0.717) is 18.2 Å². The Morgan fingerprint density at radius 2 is 1.87 bits per heavy atom. The number of aromatic amines is 1. The van der Waals surface area contributed by atoms with Crippen LogP contribution >= 0.6 is 0 Å². The van der Waals surface area contributed by atoms with Crippen LogP contribution in [0.5, 0.6) is 0 Å². The van der Waals surface area contributed by atoms with E-state index in [1.807, 2.05) is 6.07 Å². The average Bonchev–Trinajstić information content (AvgIpc) is 2.78. The van der Waals surface area contributed by atoms with Crippen LogP contribution < -0.4 is 10.9 Å². The number of hydrogen-bond acceptors (Lipinski definition) is 3. The lowest BCUT2D eigenvalue weighted by atomic mass is 9.94. The van der Waals surface area contributed by atoms with Crippen LogP contribution in [-0.2, 0) is 0 Å². The van der Waals surface area contributed by atoms with Gasteiger partial charge in [0.25, 0.3) is 11.5 Å². The lowest BCUT2D eigenvalue weighted by Gasteiger charge is -2.26. The van der Waals surface area contributed by atoms with E-state index in [1.165, 1.54) is 0 Å². The van der Waals surface area contributed by atoms with Gasteiger partial charge in [-0.25, -0.2) is 0 Å². The van der Waals surface area contributed by atoms with Gasteiger partial charge in [-0.1, -0.05) is 43.9 Å². The number of pyridine rings is 1. The Balaban J connectivity index is 1.74. The molecule has 0 saturated heterocycles. The minimum Gasteiger partial charge on any atom is -0.388 e. The molecule has 3 rings (SSSR count). The number of aromatic nitrogens is 1. The van der Waals surface area contributed by atoms with Gasteiger partial charge in [0.15, 0.2) is 0 Å². The van der Waals surface area contributed by atoms with Crippen LogP contribution in [0.25, 0.3) is 10.8 Å². The van der Waals surface area contributed by atoms with Gasteiger partial charge in [0.1, 0.15) is 5.69 Å². The molecule has 1 aliphatic carbocycles. The molecule has 0 bridgehead atoms. The predicted octanol–water partition coefficient (Wildman–Crippen LogP) is 2.34. The van der Waals surface area contributed by atoms with Crippen LogP contribution in [0.1, 0.15) is 49.0 Å². The lowest BCUT2D eigenvalue weighted by molar-refractivity contribution is 0.0246. The van der Waals surface area contributed by atoms with E-state index in [0.717, 1.165) is 31.1 Å². The number of aliphatic hydroxyl groups is 1. The minimum absolute atomic E-state index is 0.223. The topological polar surface area (TPSA) is 82.2 Å². The zero-order valence-electron chi connectivity index (χ0n) is 13.1. The minimum atomic E-state index is -0.830. The van der Waals surface area contributed by atoms with Gasteiger partial charge < -0.3 is 15.4 Å². The molecule has 1 aromatic carbocycles. The van der Waals surface area contributed by atoms with Crippen molar-refractivity contribution >= 4 is 16.7 Å². The summed E-state index contributed by atoms with van der Waals surface area (Å²) in [6.45, 7) is 0.223. The summed E-state index contributed by atoms with van der Waals surface area (Å²) in [5, 5.41) is 14.6. The van der Waals surface area contributed by atoms with Gasteiger partial charge in [-0.05, 0) is 30.4 Å². The van der Waals surface area contributed by atoms with Crippen LogP contribution in [0.2, 0.25) is 0 Å². The van der Waals surface area contributed by atoms with Crippen molar-refractivity contribution in [2.75, 3.05) is 6.54 Å². The highest BCUT2D eigenvalue weighted by Gasteiger charge is 2.28. The van der Waals surface area contributed by atoms with Crippen molar-refractivity contribution < 1.29 is 9.90 Å². The first kappa shape index (κ1) is 15.7. The first-order valence-electron chi connectivity index (χ1n) is 8.20. The van der Waals surface area contributed by atoms with Gasteiger partial charge in [-0.2, -0.15) is 0 Å². The van der Waals surface area contributed by atoms with Crippen molar-refractivity contribution in [2.45, 2.75) is 44.1 Å². The summed E-state index contributed by atoms with van der Waals surface area (Å²) in [5.41, 5.74) is -0.879. The van der Waals surface area contributed by atoms with Crippen LogP contribution in [0.15, 0.2) is 35.1 Å². The molecule has 122 valence electrons. The quantitative estimate of drug-likeness (QED) is 0.761. The first-order chi connectivity index (χ1) is 11.1. The van der Waals surface area contributed by atoms with Crippen LogP contribution in [-0.4, -0.2) is 28.1 Å². The molecule has 1 amide bonds. The summed E-state index contributed by atoms with van der Waals surface area (Å²) in [7, 11) is 0. The third-order valence-electron chi connectivity index (χ3n) is 4.61. The third-order valence-corrected chi connectivity index (χ3v) is 4.61. The van der Waals surface area contributed by atoms with Gasteiger partial charge >= 0.3 is 0 Å². The number of nitrogens with one attached hydrogen (secondary N) is 2. The SMILES string of the molecule is O=C(NCC1(O)CCCCCC1)c1cc2ccccc2c(=O)[nH]1. The summed E-state index contributed by atoms with van der Waals surface area (Å²) in [5.74, 6) is -0.356. The van der Waals surface area contributed by atoms with Crippen molar-refractivity contribution in [2.24, 2.45) is 0 Å². The molecule has 0 atom stereocenters. The van der Waals surface area contributed by atoms with Gasteiger partial charge in [-0.3, -0.25) is 9.59 Å². The summed E-state index contributed by atoms with van der Waals surface area (Å²) in [4.78, 5) is 27.0. The molecular formula is C18H22N2O3. The fourth-order valence-electron chi connectivity index (χ4n) is 3.24. The molecule has 23 heavy (non-hydrogen) atoms. The Bertz CT molecular complexity index is 758. The molecule has 1 heterocycles. The second-order valence-corrected chi connectivity index (χ2v) is 6.42. The second kappa shape index (κ2) is 6.54. The van der Waals surface area contributed by atoms with E-state index in [9.17, 15) is 14.7 Å². The smallest absolute Gasteiger partial charge is 0.267 e. The number of fused-ring (bicyclic) bond motifs is 1. The fraction of sp³-hybridized carbons (Fsp3) is 0.444. The molecule has 0 unspecified atom stereocenters. The number of carbonyl (C=O) groups excluding carboxylic acids is 1. The molecule has 1 aromatic heterocycles. The fourth-order valence-corrected chi connectivity index (χ4v) is 3.24. The summed E-state index contributed by atoms with van der Waals surface area (Å²) < 4.78 is 0. The number of amides is 1. The van der Waals surface area contributed by atoms with Gasteiger partial charge in [-0.15, -0.1) is 0 Å². The van der Waals surface area contributed by atoms with Crippen molar-refractivity contribution in [3.8, 4) is 0 Å². The van der Waals surface area contributed by atoms with Crippen molar-refractivity contribution in [1.82, 2.24) is 10.3 Å². The molecule has 5 nitrogen and oxygen atoms in total. The lowest BCUT2D eigenvalue weighted by Crippen LogP contribution is -2.43. The Kier molecular flexibility index (Phi) is 4.48. The van der Waals surface area contributed by atoms with Gasteiger partial charge in [0, 0.05) is 11.9 Å². The van der Waals surface area contributed by atoms with Crippen LogP contribution in [0, 0.1) is 0 Å². The highest BCUT2D eigenvalue weighted by atomic mass is 16.3. The number of hydrogen-bond donors (Lipinski definition) is 3. The highest BCUT2D eigenvalue weighted by Crippen LogP contribution is 2.26. The Morgan fingerprint density at radius 3 is 2.61 bits per heavy atom. The molecule has 0 aliphatic heterocycles. The zero-order chi connectivity index (χ0) is 16.3. The molecule has 3 N–H and O–H groups in total. The van der Waals surface area contributed by atoms with E-state index in [2.05, 4.69) is 10.3 Å². The zero-order valence-corrected chi connectivity index (χ0v) is 13.1. The maximum Gasteiger partial charge on any atom is 0.267 e. The Morgan fingerprint density at radius 1 is 1.17 bits per heavy atom. The third kappa shape index (κ3) is 3.62. The number of carbonyl (C=O) groups is 1. The summed E-state index contributed by atoms with van der Waals surface area (Å²) >= 11 is 0. The summed E-state index contributed by atoms with van der Waals surface area (Å²) in [6, 6.07) is 8.82. The van der Waals surface area contributed by atoms with E-state index in [4.69, 9.17) is 0 Å². The second-order valence-electron chi connectivity index (χ2n) is 6.42. The maximum atomic E-state index is 12.3. The predicted molar refractivity (Wildman–Crippen MR) is 89.6 cm³/mol. The molecule has 2 aromatic rings. The highest BCUT2D eigenvalue weighted by molar-refractivity contribution is 5.96. The maximum absolute atomic E-state index is 12.3. The monoisotopic (exact) mass is 314 g/mol. The molecule has 5 heteroatoms. The van der Waals surface area contributed by atoms with Crippen molar-refractivity contribution in [1.29, 1.82) is 0 Å². The van der Waals surface area contributed by atoms with E-state index < -0.39 is 5.60 Å². The molecule has 0 spiro atoms. The Labute approximate surface area is 134 Å². The number of benzene rings is 1. The molecule has 1 saturated carbocycles.